The van der Waals surface area contributed by atoms with Gasteiger partial charge in [-0.05, 0) is 73.8 Å². The molecule has 24 heavy (non-hydrogen) atoms. The van der Waals surface area contributed by atoms with E-state index >= 15 is 0 Å². The molecule has 2 rings (SSSR count). The molecule has 0 aliphatic carbocycles. The van der Waals surface area contributed by atoms with Crippen molar-refractivity contribution in [3.05, 3.63) is 74.9 Å². The normalized spacial score (nSPS) is 10.6. The van der Waals surface area contributed by atoms with Crippen LogP contribution in [0.15, 0.2) is 63.1 Å². The van der Waals surface area contributed by atoms with Crippen LogP contribution < -0.4 is 10.2 Å². The summed E-state index contributed by atoms with van der Waals surface area (Å²) >= 11 is 6.84. The van der Waals surface area contributed by atoms with E-state index in [0.29, 0.717) is 17.9 Å². The average molecular weight is 456 g/mol. The van der Waals surface area contributed by atoms with E-state index in [0.717, 1.165) is 14.5 Å². The Labute approximate surface area is 155 Å². The lowest BCUT2D eigenvalue weighted by Gasteiger charge is -2.09. The topological polar surface area (TPSA) is 50.7 Å². The van der Waals surface area contributed by atoms with Crippen molar-refractivity contribution < 1.29 is 13.9 Å². The van der Waals surface area contributed by atoms with Gasteiger partial charge >= 0.3 is 0 Å². The van der Waals surface area contributed by atoms with Crippen molar-refractivity contribution in [3.8, 4) is 5.75 Å². The highest BCUT2D eigenvalue weighted by molar-refractivity contribution is 9.11. The Balaban J connectivity index is 2.05. The van der Waals surface area contributed by atoms with E-state index in [-0.39, 0.29) is 0 Å². The Morgan fingerprint density at radius 1 is 1.25 bits per heavy atom. The molecule has 1 N–H and O–H groups in total. The summed E-state index contributed by atoms with van der Waals surface area (Å²) in [5.41, 5.74) is 3.46. The Morgan fingerprint density at radius 3 is 2.46 bits per heavy atom. The first-order chi connectivity index (χ1) is 11.5. The average Bonchev–Trinajstić information content (AvgIpc) is 2.54. The zero-order valence-electron chi connectivity index (χ0n) is 12.4. The van der Waals surface area contributed by atoms with Crippen molar-refractivity contribution in [1.29, 1.82) is 0 Å². The fourth-order valence-electron chi connectivity index (χ4n) is 1.77. The van der Waals surface area contributed by atoms with E-state index in [1.54, 1.807) is 18.2 Å². The van der Waals surface area contributed by atoms with Crippen LogP contribution in [-0.2, 0) is 0 Å². The van der Waals surface area contributed by atoms with E-state index in [4.69, 9.17) is 4.74 Å². The summed E-state index contributed by atoms with van der Waals surface area (Å²) in [6.07, 6.45) is 3.15. The Morgan fingerprint density at radius 2 is 1.88 bits per heavy atom. The number of hydrazone groups is 1. The third kappa shape index (κ3) is 5.01. The van der Waals surface area contributed by atoms with Crippen LogP contribution in [0.4, 0.5) is 4.39 Å². The van der Waals surface area contributed by atoms with Gasteiger partial charge in [-0.2, -0.15) is 5.10 Å². The number of amides is 1. The molecule has 0 aromatic heterocycles. The third-order valence-corrected chi connectivity index (χ3v) is 4.03. The predicted octanol–water partition coefficient (Wildman–Crippen LogP) is 4.68. The van der Waals surface area contributed by atoms with Crippen LogP contribution in [0, 0.1) is 5.82 Å². The molecule has 0 fully saturated rings. The van der Waals surface area contributed by atoms with Crippen LogP contribution in [-0.4, -0.2) is 18.7 Å². The van der Waals surface area contributed by atoms with Gasteiger partial charge in [0.25, 0.3) is 5.91 Å². The molecular weight excluding hydrogens is 443 g/mol. The molecule has 0 aliphatic rings. The van der Waals surface area contributed by atoms with Gasteiger partial charge in [0, 0.05) is 5.56 Å². The molecule has 1 amide bonds. The van der Waals surface area contributed by atoms with Crippen molar-refractivity contribution in [2.75, 3.05) is 6.61 Å². The number of halogens is 3. The molecule has 7 heteroatoms. The predicted molar refractivity (Wildman–Crippen MR) is 99.0 cm³/mol. The summed E-state index contributed by atoms with van der Waals surface area (Å²) in [6.45, 7) is 3.99. The molecule has 0 spiro atoms. The van der Waals surface area contributed by atoms with Gasteiger partial charge in [-0.1, -0.05) is 12.7 Å². The maximum Gasteiger partial charge on any atom is 0.271 e. The SMILES string of the molecule is C=CCOc1c(Br)cc(C=NNC(=O)c2ccc(F)cc2)cc1Br. The maximum absolute atomic E-state index is 12.8. The molecule has 2 aromatic rings. The highest BCUT2D eigenvalue weighted by atomic mass is 79.9. The summed E-state index contributed by atoms with van der Waals surface area (Å²) in [7, 11) is 0. The zero-order chi connectivity index (χ0) is 17.5. The number of hydrogen-bond donors (Lipinski definition) is 1. The fourth-order valence-corrected chi connectivity index (χ4v) is 3.22. The minimum absolute atomic E-state index is 0.323. The third-order valence-electron chi connectivity index (χ3n) is 2.85. The van der Waals surface area contributed by atoms with Gasteiger partial charge < -0.3 is 4.74 Å². The van der Waals surface area contributed by atoms with Crippen molar-refractivity contribution in [1.82, 2.24) is 5.43 Å². The standard InChI is InChI=1S/C17H13Br2FN2O2/c1-2-7-24-16-14(18)8-11(9-15(16)19)10-21-22-17(23)12-3-5-13(20)6-4-12/h2-6,8-10H,1,7H2,(H,22,23). The minimum Gasteiger partial charge on any atom is -0.487 e. The molecule has 124 valence electrons. The second-order valence-electron chi connectivity index (χ2n) is 4.62. The number of rotatable bonds is 6. The number of carbonyl (C=O) groups is 1. The van der Waals surface area contributed by atoms with E-state index in [1.165, 1.54) is 30.5 Å². The lowest BCUT2D eigenvalue weighted by atomic mass is 10.2. The number of nitrogens with zero attached hydrogens (tertiary/aromatic N) is 1. The molecule has 0 aliphatic heterocycles. The first kappa shape index (κ1) is 18.4. The van der Waals surface area contributed by atoms with Crippen molar-refractivity contribution in [3.63, 3.8) is 0 Å². The number of carbonyl (C=O) groups excluding carboxylic acids is 1. The molecule has 2 aromatic carbocycles. The molecular formula is C17H13Br2FN2O2. The summed E-state index contributed by atoms with van der Waals surface area (Å²) < 4.78 is 19.8. The number of benzene rings is 2. The number of nitrogens with one attached hydrogen (secondary N) is 1. The number of hydrogen-bond acceptors (Lipinski definition) is 3. The highest BCUT2D eigenvalue weighted by Crippen LogP contribution is 2.34. The summed E-state index contributed by atoms with van der Waals surface area (Å²) in [6, 6.07) is 8.81. The number of ether oxygens (including phenoxy) is 1. The molecule has 0 saturated heterocycles. The smallest absolute Gasteiger partial charge is 0.271 e. The first-order valence-corrected chi connectivity index (χ1v) is 8.41. The van der Waals surface area contributed by atoms with Gasteiger partial charge in [-0.25, -0.2) is 9.82 Å². The molecule has 0 heterocycles. The minimum atomic E-state index is -0.421. The van der Waals surface area contributed by atoms with Crippen LogP contribution in [0.25, 0.3) is 0 Å². The largest absolute Gasteiger partial charge is 0.487 e. The molecule has 0 saturated carbocycles. The van der Waals surface area contributed by atoms with Crippen LogP contribution in [0.3, 0.4) is 0 Å². The van der Waals surface area contributed by atoms with Gasteiger partial charge in [0.2, 0.25) is 0 Å². The van der Waals surface area contributed by atoms with Gasteiger partial charge in [-0.15, -0.1) is 0 Å². The van der Waals surface area contributed by atoms with Gasteiger partial charge in [-0.3, -0.25) is 4.79 Å². The fraction of sp³-hybridized carbons (Fsp3) is 0.0588. The molecule has 0 radical (unpaired) electrons. The quantitative estimate of drug-likeness (QED) is 0.390. The van der Waals surface area contributed by atoms with E-state index in [1.807, 2.05) is 0 Å². The van der Waals surface area contributed by atoms with E-state index in [2.05, 4.69) is 49.0 Å². The Kier molecular flexibility index (Phi) is 6.69. The van der Waals surface area contributed by atoms with Gasteiger partial charge in [0.1, 0.15) is 18.2 Å². The zero-order valence-corrected chi connectivity index (χ0v) is 15.6. The van der Waals surface area contributed by atoms with E-state index < -0.39 is 11.7 Å². The summed E-state index contributed by atoms with van der Waals surface area (Å²) in [5.74, 6) is -0.166. The second kappa shape index (κ2) is 8.75. The van der Waals surface area contributed by atoms with Crippen molar-refractivity contribution in [2.24, 2.45) is 5.10 Å². The second-order valence-corrected chi connectivity index (χ2v) is 6.33. The van der Waals surface area contributed by atoms with Gasteiger partial charge in [0.05, 0.1) is 15.2 Å². The van der Waals surface area contributed by atoms with Gasteiger partial charge in [0.15, 0.2) is 0 Å². The maximum atomic E-state index is 12.8. The summed E-state index contributed by atoms with van der Waals surface area (Å²) in [5, 5.41) is 3.90. The van der Waals surface area contributed by atoms with Crippen LogP contribution in [0.2, 0.25) is 0 Å². The van der Waals surface area contributed by atoms with Crippen molar-refractivity contribution >= 4 is 44.0 Å². The monoisotopic (exact) mass is 454 g/mol. The van der Waals surface area contributed by atoms with Crippen LogP contribution in [0.1, 0.15) is 15.9 Å². The van der Waals surface area contributed by atoms with Crippen LogP contribution in [0.5, 0.6) is 5.75 Å². The lowest BCUT2D eigenvalue weighted by Crippen LogP contribution is -2.17. The lowest BCUT2D eigenvalue weighted by molar-refractivity contribution is 0.0955. The summed E-state index contributed by atoms with van der Waals surface area (Å²) in [4.78, 5) is 11.9. The first-order valence-electron chi connectivity index (χ1n) is 6.83. The Bertz CT molecular complexity index is 754. The Hall–Kier alpha value is -1.99. The van der Waals surface area contributed by atoms with E-state index in [9.17, 15) is 9.18 Å². The molecule has 0 bridgehead atoms. The van der Waals surface area contributed by atoms with Crippen LogP contribution >= 0.6 is 31.9 Å². The molecule has 0 atom stereocenters. The van der Waals surface area contributed by atoms with Crippen molar-refractivity contribution in [2.45, 2.75) is 0 Å². The molecule has 0 unspecified atom stereocenters. The molecule has 4 nitrogen and oxygen atoms in total. The highest BCUT2D eigenvalue weighted by Gasteiger charge is 2.08.